The van der Waals surface area contributed by atoms with Crippen LogP contribution >= 0.6 is 0 Å². The Morgan fingerprint density at radius 3 is 2.82 bits per heavy atom. The van der Waals surface area contributed by atoms with Crippen LogP contribution in [0.2, 0.25) is 0 Å². The van der Waals surface area contributed by atoms with E-state index in [9.17, 15) is 0 Å². The molecule has 1 atom stereocenters. The van der Waals surface area contributed by atoms with E-state index in [-0.39, 0.29) is 0 Å². The average Bonchev–Trinajstić information content (AvgIpc) is 1.98. The van der Waals surface area contributed by atoms with Gasteiger partial charge in [0.25, 0.3) is 0 Å². The van der Waals surface area contributed by atoms with Gasteiger partial charge in [-0.1, -0.05) is 0 Å². The van der Waals surface area contributed by atoms with Crippen molar-refractivity contribution in [2.24, 2.45) is 0 Å². The lowest BCUT2D eigenvalue weighted by Gasteiger charge is -2.34. The Morgan fingerprint density at radius 1 is 1.45 bits per heavy atom. The van der Waals surface area contributed by atoms with Crippen molar-refractivity contribution in [3.8, 4) is 0 Å². The van der Waals surface area contributed by atoms with Gasteiger partial charge in [0.2, 0.25) is 6.54 Å². The summed E-state index contributed by atoms with van der Waals surface area (Å²) in [6.07, 6.45) is 0. The Hall–Kier alpha value is -0.590. The molecule has 1 fully saturated rings. The largest absolute Gasteiger partial charge is 0.315 e. The lowest BCUT2D eigenvalue weighted by molar-refractivity contribution is 0.123. The van der Waals surface area contributed by atoms with Gasteiger partial charge in [0.1, 0.15) is 0 Å². The lowest BCUT2D eigenvalue weighted by atomic mass is 10.2. The van der Waals surface area contributed by atoms with Gasteiger partial charge in [0.05, 0.1) is 6.04 Å². The third-order valence-corrected chi connectivity index (χ3v) is 2.28. The minimum Gasteiger partial charge on any atom is -0.315 e. The molecule has 11 heavy (non-hydrogen) atoms. The zero-order valence-electron chi connectivity index (χ0n) is 7.25. The van der Waals surface area contributed by atoms with E-state index in [1.54, 1.807) is 0 Å². The molecule has 1 rings (SSSR count). The highest BCUT2D eigenvalue weighted by Gasteiger charge is 2.23. The third-order valence-electron chi connectivity index (χ3n) is 2.28. The van der Waals surface area contributed by atoms with Gasteiger partial charge in [0.15, 0.2) is 0 Å². The summed E-state index contributed by atoms with van der Waals surface area (Å²) in [5.41, 5.74) is 0. The van der Waals surface area contributed by atoms with Crippen LogP contribution in [-0.2, 0) is 0 Å². The van der Waals surface area contributed by atoms with E-state index in [0.29, 0.717) is 12.6 Å². The van der Waals surface area contributed by atoms with E-state index in [2.05, 4.69) is 28.7 Å². The van der Waals surface area contributed by atoms with Gasteiger partial charge in [-0.15, -0.1) is 0 Å². The van der Waals surface area contributed by atoms with E-state index in [4.69, 9.17) is 6.57 Å². The topological polar surface area (TPSA) is 10.8 Å². The summed E-state index contributed by atoms with van der Waals surface area (Å²) < 4.78 is 0. The number of likely N-dealkylation sites (N-methyl/N-ethyl adjacent to an activating group) is 2. The molecule has 62 valence electrons. The van der Waals surface area contributed by atoms with Crippen LogP contribution in [0.4, 0.5) is 0 Å². The molecule has 0 aromatic carbocycles. The van der Waals surface area contributed by atoms with Crippen LogP contribution in [0.1, 0.15) is 0 Å². The number of nitrogens with zero attached hydrogens (tertiary/aromatic N) is 3. The van der Waals surface area contributed by atoms with Gasteiger partial charge in [-0.05, 0) is 14.1 Å². The molecule has 0 aromatic rings. The standard InChI is InChI=1S/C8H15N3/c1-9-6-8-7-10(2)4-5-11(8)3/h8H,4-7H2,2-3H3. The number of rotatable bonds is 1. The molecule has 0 radical (unpaired) electrons. The fourth-order valence-electron chi connectivity index (χ4n) is 1.40. The summed E-state index contributed by atoms with van der Waals surface area (Å²) in [5, 5.41) is 0. The smallest absolute Gasteiger partial charge is 0.231 e. The highest BCUT2D eigenvalue weighted by atomic mass is 15.3. The van der Waals surface area contributed by atoms with Crippen LogP contribution in [0.3, 0.4) is 0 Å². The molecule has 1 saturated heterocycles. The number of hydrogen-bond acceptors (Lipinski definition) is 2. The Kier molecular flexibility index (Phi) is 2.86. The van der Waals surface area contributed by atoms with Crippen molar-refractivity contribution in [1.82, 2.24) is 9.80 Å². The molecule has 1 heterocycles. The predicted octanol–water partition coefficient (Wildman–Crippen LogP) is 0.151. The second-order valence-corrected chi connectivity index (χ2v) is 3.24. The van der Waals surface area contributed by atoms with Gasteiger partial charge in [-0.2, -0.15) is 0 Å². The second kappa shape index (κ2) is 3.70. The first-order chi connectivity index (χ1) is 5.24. The molecule has 3 nitrogen and oxygen atoms in total. The Bertz CT molecular complexity index is 161. The molecule has 1 aliphatic heterocycles. The van der Waals surface area contributed by atoms with Crippen LogP contribution in [0.15, 0.2) is 0 Å². The van der Waals surface area contributed by atoms with E-state index in [1.807, 2.05) is 0 Å². The van der Waals surface area contributed by atoms with Gasteiger partial charge >= 0.3 is 0 Å². The monoisotopic (exact) mass is 153 g/mol. The molecule has 0 aromatic heterocycles. The Balaban J connectivity index is 2.42. The van der Waals surface area contributed by atoms with E-state index >= 15 is 0 Å². The van der Waals surface area contributed by atoms with Gasteiger partial charge < -0.3 is 9.74 Å². The summed E-state index contributed by atoms with van der Waals surface area (Å²) in [7, 11) is 4.22. The molecule has 1 unspecified atom stereocenters. The second-order valence-electron chi connectivity index (χ2n) is 3.24. The summed E-state index contributed by atoms with van der Waals surface area (Å²) in [6.45, 7) is 10.7. The molecular formula is C8H15N3. The molecule has 0 saturated carbocycles. The van der Waals surface area contributed by atoms with Gasteiger partial charge in [-0.25, -0.2) is 6.57 Å². The first-order valence-corrected chi connectivity index (χ1v) is 3.96. The van der Waals surface area contributed by atoms with Crippen molar-refractivity contribution in [2.45, 2.75) is 6.04 Å². The molecule has 0 aliphatic carbocycles. The molecule has 0 amide bonds. The zero-order valence-corrected chi connectivity index (χ0v) is 7.25. The number of hydrogen-bond donors (Lipinski definition) is 0. The van der Waals surface area contributed by atoms with Crippen LogP contribution in [0, 0.1) is 6.57 Å². The van der Waals surface area contributed by atoms with Gasteiger partial charge in [0, 0.05) is 19.6 Å². The Labute approximate surface area is 68.4 Å². The summed E-state index contributed by atoms with van der Waals surface area (Å²) in [5.74, 6) is 0. The quantitative estimate of drug-likeness (QED) is 0.497. The van der Waals surface area contributed by atoms with Crippen LogP contribution < -0.4 is 0 Å². The summed E-state index contributed by atoms with van der Waals surface area (Å²) in [4.78, 5) is 7.99. The third kappa shape index (κ3) is 2.18. The van der Waals surface area contributed by atoms with E-state index < -0.39 is 0 Å². The average molecular weight is 153 g/mol. The predicted molar refractivity (Wildman–Crippen MR) is 45.4 cm³/mol. The van der Waals surface area contributed by atoms with Crippen LogP contribution in [0.25, 0.3) is 4.85 Å². The number of piperazine rings is 1. The summed E-state index contributed by atoms with van der Waals surface area (Å²) in [6, 6.07) is 0.450. The minimum atomic E-state index is 0.450. The zero-order chi connectivity index (χ0) is 8.27. The molecular weight excluding hydrogens is 138 g/mol. The highest BCUT2D eigenvalue weighted by molar-refractivity contribution is 4.84. The molecule has 0 bridgehead atoms. The Morgan fingerprint density at radius 2 is 2.18 bits per heavy atom. The van der Waals surface area contributed by atoms with Crippen LogP contribution in [-0.4, -0.2) is 56.1 Å². The molecule has 3 heteroatoms. The SMILES string of the molecule is [C-]#[N+]CC1CN(C)CCN1C. The first-order valence-electron chi connectivity index (χ1n) is 3.96. The minimum absolute atomic E-state index is 0.450. The highest BCUT2D eigenvalue weighted by Crippen LogP contribution is 2.05. The van der Waals surface area contributed by atoms with Crippen molar-refractivity contribution in [3.05, 3.63) is 11.4 Å². The van der Waals surface area contributed by atoms with E-state index in [0.717, 1.165) is 19.6 Å². The fraction of sp³-hybridized carbons (Fsp3) is 0.875. The maximum absolute atomic E-state index is 6.77. The normalized spacial score (nSPS) is 28.3. The molecule has 0 spiro atoms. The van der Waals surface area contributed by atoms with Crippen molar-refractivity contribution in [3.63, 3.8) is 0 Å². The fourth-order valence-corrected chi connectivity index (χ4v) is 1.40. The van der Waals surface area contributed by atoms with Crippen molar-refractivity contribution < 1.29 is 0 Å². The first kappa shape index (κ1) is 8.51. The molecule has 0 N–H and O–H groups in total. The lowest BCUT2D eigenvalue weighted by Crippen LogP contribution is -2.51. The maximum Gasteiger partial charge on any atom is 0.231 e. The van der Waals surface area contributed by atoms with Crippen molar-refractivity contribution in [1.29, 1.82) is 0 Å². The van der Waals surface area contributed by atoms with E-state index in [1.165, 1.54) is 0 Å². The van der Waals surface area contributed by atoms with Crippen molar-refractivity contribution in [2.75, 3.05) is 40.3 Å². The maximum atomic E-state index is 6.77. The molecule has 1 aliphatic rings. The summed E-state index contributed by atoms with van der Waals surface area (Å²) >= 11 is 0. The van der Waals surface area contributed by atoms with Crippen molar-refractivity contribution >= 4 is 0 Å². The van der Waals surface area contributed by atoms with Crippen LogP contribution in [0.5, 0.6) is 0 Å². The van der Waals surface area contributed by atoms with Gasteiger partial charge in [-0.3, -0.25) is 4.90 Å².